The molecule has 3 rings (SSSR count). The lowest BCUT2D eigenvalue weighted by atomic mass is 10.2. The van der Waals surface area contributed by atoms with Crippen molar-refractivity contribution < 1.29 is 0 Å². The average Bonchev–Trinajstić information content (AvgIpc) is 3.22. The highest BCUT2D eigenvalue weighted by Gasteiger charge is 2.31. The number of piperazine rings is 1. The van der Waals surface area contributed by atoms with Gasteiger partial charge in [0.15, 0.2) is 0 Å². The molecule has 4 heteroatoms. The van der Waals surface area contributed by atoms with E-state index in [-0.39, 0.29) is 0 Å². The van der Waals surface area contributed by atoms with Crippen molar-refractivity contribution in [1.82, 2.24) is 9.88 Å². The molecule has 0 bridgehead atoms. The summed E-state index contributed by atoms with van der Waals surface area (Å²) >= 11 is 0. The van der Waals surface area contributed by atoms with Gasteiger partial charge in [0.1, 0.15) is 5.82 Å². The van der Waals surface area contributed by atoms with Crippen LogP contribution in [0, 0.1) is 6.92 Å². The SMILES string of the molecule is Cc1cc(CN)cc(N2CCN(C3CC3)CC2)n1. The molecule has 1 saturated heterocycles. The zero-order chi connectivity index (χ0) is 12.5. The Hall–Kier alpha value is -1.13. The Balaban J connectivity index is 1.69. The third-order valence-corrected chi connectivity index (χ3v) is 3.94. The Bertz CT molecular complexity index is 420. The Kier molecular flexibility index (Phi) is 3.22. The summed E-state index contributed by atoms with van der Waals surface area (Å²) in [5.41, 5.74) is 7.98. The van der Waals surface area contributed by atoms with E-state index in [1.807, 2.05) is 6.92 Å². The molecule has 0 amide bonds. The molecule has 0 atom stereocenters. The average molecular weight is 246 g/mol. The molecule has 0 radical (unpaired) electrons. The predicted molar refractivity (Wildman–Crippen MR) is 73.7 cm³/mol. The van der Waals surface area contributed by atoms with Gasteiger partial charge in [-0.1, -0.05) is 0 Å². The van der Waals surface area contributed by atoms with Crippen LogP contribution in [-0.2, 0) is 6.54 Å². The van der Waals surface area contributed by atoms with E-state index in [4.69, 9.17) is 5.73 Å². The van der Waals surface area contributed by atoms with E-state index >= 15 is 0 Å². The van der Waals surface area contributed by atoms with Crippen molar-refractivity contribution in [3.05, 3.63) is 23.4 Å². The Morgan fingerprint density at radius 1 is 1.22 bits per heavy atom. The maximum Gasteiger partial charge on any atom is 0.129 e. The highest BCUT2D eigenvalue weighted by atomic mass is 15.3. The third kappa shape index (κ3) is 2.49. The number of nitrogens with two attached hydrogens (primary N) is 1. The fraction of sp³-hybridized carbons (Fsp3) is 0.643. The molecule has 0 aromatic carbocycles. The summed E-state index contributed by atoms with van der Waals surface area (Å²) in [6.45, 7) is 7.19. The highest BCUT2D eigenvalue weighted by Crippen LogP contribution is 2.28. The molecule has 4 nitrogen and oxygen atoms in total. The zero-order valence-electron chi connectivity index (χ0n) is 11.1. The predicted octanol–water partition coefficient (Wildman–Crippen LogP) is 1.13. The van der Waals surface area contributed by atoms with Crippen molar-refractivity contribution in [3.8, 4) is 0 Å². The van der Waals surface area contributed by atoms with Crippen molar-refractivity contribution in [2.24, 2.45) is 5.73 Å². The Morgan fingerprint density at radius 2 is 1.94 bits per heavy atom. The van der Waals surface area contributed by atoms with Crippen LogP contribution in [0.4, 0.5) is 5.82 Å². The first-order valence-electron chi connectivity index (χ1n) is 6.93. The van der Waals surface area contributed by atoms with Gasteiger partial charge in [0.25, 0.3) is 0 Å². The first kappa shape index (κ1) is 11.9. The zero-order valence-corrected chi connectivity index (χ0v) is 11.1. The van der Waals surface area contributed by atoms with Crippen molar-refractivity contribution in [3.63, 3.8) is 0 Å². The van der Waals surface area contributed by atoms with Gasteiger partial charge in [-0.2, -0.15) is 0 Å². The largest absolute Gasteiger partial charge is 0.354 e. The minimum atomic E-state index is 0.596. The molecule has 18 heavy (non-hydrogen) atoms. The second kappa shape index (κ2) is 4.86. The second-order valence-electron chi connectivity index (χ2n) is 5.43. The number of hydrogen-bond donors (Lipinski definition) is 1. The minimum absolute atomic E-state index is 0.596. The van der Waals surface area contributed by atoms with Crippen LogP contribution in [0.5, 0.6) is 0 Å². The van der Waals surface area contributed by atoms with E-state index in [0.29, 0.717) is 6.54 Å². The molecular formula is C14H22N4. The molecule has 1 aromatic rings. The van der Waals surface area contributed by atoms with Gasteiger partial charge in [0.05, 0.1) is 0 Å². The quantitative estimate of drug-likeness (QED) is 0.868. The molecule has 1 aliphatic heterocycles. The standard InChI is InChI=1S/C14H22N4/c1-11-8-12(10-15)9-14(16-11)18-6-4-17(5-7-18)13-2-3-13/h8-9,13H,2-7,10,15H2,1H3. The molecule has 2 fully saturated rings. The van der Waals surface area contributed by atoms with Crippen molar-refractivity contribution in [1.29, 1.82) is 0 Å². The topological polar surface area (TPSA) is 45.4 Å². The molecular weight excluding hydrogens is 224 g/mol. The van der Waals surface area contributed by atoms with Crippen molar-refractivity contribution in [2.75, 3.05) is 31.1 Å². The number of anilines is 1. The maximum absolute atomic E-state index is 5.73. The van der Waals surface area contributed by atoms with Gasteiger partial charge in [-0.3, -0.25) is 4.90 Å². The summed E-state index contributed by atoms with van der Waals surface area (Å²) in [6, 6.07) is 5.10. The van der Waals surface area contributed by atoms with Gasteiger partial charge in [-0.05, 0) is 37.5 Å². The first-order chi connectivity index (χ1) is 8.76. The van der Waals surface area contributed by atoms with E-state index in [9.17, 15) is 0 Å². The van der Waals surface area contributed by atoms with E-state index in [1.54, 1.807) is 0 Å². The number of aromatic nitrogens is 1. The maximum atomic E-state index is 5.73. The van der Waals surface area contributed by atoms with Crippen LogP contribution in [0.3, 0.4) is 0 Å². The third-order valence-electron chi connectivity index (χ3n) is 3.94. The second-order valence-corrected chi connectivity index (χ2v) is 5.43. The lowest BCUT2D eigenvalue weighted by Crippen LogP contribution is -2.47. The molecule has 2 heterocycles. The summed E-state index contributed by atoms with van der Waals surface area (Å²) in [4.78, 5) is 9.66. The van der Waals surface area contributed by atoms with Gasteiger partial charge in [0.2, 0.25) is 0 Å². The van der Waals surface area contributed by atoms with Gasteiger partial charge >= 0.3 is 0 Å². The van der Waals surface area contributed by atoms with Crippen LogP contribution < -0.4 is 10.6 Å². The van der Waals surface area contributed by atoms with Gasteiger partial charge in [-0.25, -0.2) is 4.98 Å². The summed E-state index contributed by atoms with van der Waals surface area (Å²) in [5.74, 6) is 1.10. The number of rotatable bonds is 3. The number of nitrogens with zero attached hydrogens (tertiary/aromatic N) is 3. The number of hydrogen-bond acceptors (Lipinski definition) is 4. The Morgan fingerprint density at radius 3 is 2.56 bits per heavy atom. The Labute approximate surface area is 109 Å². The molecule has 98 valence electrons. The summed E-state index contributed by atoms with van der Waals surface area (Å²) in [6.07, 6.45) is 2.81. The van der Waals surface area contributed by atoms with Gasteiger partial charge in [0, 0.05) is 44.5 Å². The summed E-state index contributed by atoms with van der Waals surface area (Å²) in [5, 5.41) is 0. The highest BCUT2D eigenvalue weighted by molar-refractivity contribution is 5.43. The van der Waals surface area contributed by atoms with E-state index in [0.717, 1.165) is 30.6 Å². The normalized spacial score (nSPS) is 21.3. The monoisotopic (exact) mass is 246 g/mol. The molecule has 1 aliphatic carbocycles. The molecule has 0 unspecified atom stereocenters. The lowest BCUT2D eigenvalue weighted by Gasteiger charge is -2.35. The summed E-state index contributed by atoms with van der Waals surface area (Å²) in [7, 11) is 0. The van der Waals surface area contributed by atoms with E-state index in [1.165, 1.54) is 31.5 Å². The number of pyridine rings is 1. The van der Waals surface area contributed by atoms with Crippen LogP contribution in [-0.4, -0.2) is 42.1 Å². The fourth-order valence-electron chi connectivity index (χ4n) is 2.76. The minimum Gasteiger partial charge on any atom is -0.354 e. The molecule has 0 spiro atoms. The first-order valence-corrected chi connectivity index (χ1v) is 6.93. The van der Waals surface area contributed by atoms with Gasteiger partial charge in [-0.15, -0.1) is 0 Å². The van der Waals surface area contributed by atoms with Crippen molar-refractivity contribution >= 4 is 5.82 Å². The van der Waals surface area contributed by atoms with Gasteiger partial charge < -0.3 is 10.6 Å². The van der Waals surface area contributed by atoms with Crippen LogP contribution in [0.1, 0.15) is 24.1 Å². The number of aryl methyl sites for hydroxylation is 1. The molecule has 2 N–H and O–H groups in total. The lowest BCUT2D eigenvalue weighted by molar-refractivity contribution is 0.247. The van der Waals surface area contributed by atoms with E-state index in [2.05, 4.69) is 26.9 Å². The van der Waals surface area contributed by atoms with Crippen LogP contribution >= 0.6 is 0 Å². The molecule has 1 saturated carbocycles. The van der Waals surface area contributed by atoms with E-state index < -0.39 is 0 Å². The van der Waals surface area contributed by atoms with Crippen LogP contribution in [0.2, 0.25) is 0 Å². The van der Waals surface area contributed by atoms with Crippen LogP contribution in [0.25, 0.3) is 0 Å². The smallest absolute Gasteiger partial charge is 0.129 e. The van der Waals surface area contributed by atoms with Crippen LogP contribution in [0.15, 0.2) is 12.1 Å². The van der Waals surface area contributed by atoms with Crippen molar-refractivity contribution in [2.45, 2.75) is 32.4 Å². The molecule has 2 aliphatic rings. The molecule has 1 aromatic heterocycles. The fourth-order valence-corrected chi connectivity index (χ4v) is 2.76. The summed E-state index contributed by atoms with van der Waals surface area (Å²) < 4.78 is 0.